The Balaban J connectivity index is 1.65. The van der Waals surface area contributed by atoms with Gasteiger partial charge in [0.15, 0.2) is 11.6 Å². The highest BCUT2D eigenvalue weighted by atomic mass is 15.4. The number of hydrogen-bond acceptors (Lipinski definition) is 3. The van der Waals surface area contributed by atoms with Crippen LogP contribution in [0.4, 0.5) is 17.3 Å². The third-order valence-electron chi connectivity index (χ3n) is 7.70. The van der Waals surface area contributed by atoms with E-state index in [0.717, 1.165) is 34.4 Å². The van der Waals surface area contributed by atoms with Crippen molar-refractivity contribution in [2.75, 3.05) is 4.90 Å². The van der Waals surface area contributed by atoms with Gasteiger partial charge in [-0.2, -0.15) is 0 Å². The molecule has 0 aliphatic carbocycles. The monoisotopic (exact) mass is 545 g/mol. The molecule has 0 saturated heterocycles. The van der Waals surface area contributed by atoms with E-state index in [0.29, 0.717) is 0 Å². The summed E-state index contributed by atoms with van der Waals surface area (Å²) in [5.41, 5.74) is 10.6. The number of benzene rings is 3. The van der Waals surface area contributed by atoms with Crippen LogP contribution in [0.15, 0.2) is 79.0 Å². The van der Waals surface area contributed by atoms with Gasteiger partial charge in [0.2, 0.25) is 0 Å². The summed E-state index contributed by atoms with van der Waals surface area (Å²) >= 11 is 0. The molecular formula is C36H43N5. The van der Waals surface area contributed by atoms with Gasteiger partial charge in [0.1, 0.15) is 0 Å². The van der Waals surface area contributed by atoms with Gasteiger partial charge in [0.25, 0.3) is 0 Å². The molecule has 0 saturated carbocycles. The zero-order valence-electron chi connectivity index (χ0n) is 26.2. The van der Waals surface area contributed by atoms with E-state index in [9.17, 15) is 0 Å². The number of rotatable bonds is 5. The molecule has 5 heteroatoms. The van der Waals surface area contributed by atoms with Crippen LogP contribution in [0.5, 0.6) is 0 Å². The van der Waals surface area contributed by atoms with Crippen LogP contribution in [-0.4, -0.2) is 19.6 Å². The molecule has 0 amide bonds. The molecule has 0 aliphatic heterocycles. The molecule has 5 nitrogen and oxygen atoms in total. The van der Waals surface area contributed by atoms with Crippen molar-refractivity contribution in [3.05, 3.63) is 113 Å². The Bertz CT molecular complexity index is 1680. The van der Waals surface area contributed by atoms with Crippen LogP contribution < -0.4 is 4.90 Å². The lowest BCUT2D eigenvalue weighted by Gasteiger charge is -2.25. The highest BCUT2D eigenvalue weighted by molar-refractivity contribution is 5.77. The molecule has 0 atom stereocenters. The molecule has 212 valence electrons. The van der Waals surface area contributed by atoms with Gasteiger partial charge >= 0.3 is 0 Å². The van der Waals surface area contributed by atoms with Crippen LogP contribution in [0.25, 0.3) is 11.4 Å². The number of aromatic nitrogens is 4. The molecule has 0 fully saturated rings. The van der Waals surface area contributed by atoms with Crippen molar-refractivity contribution in [3.8, 4) is 11.4 Å². The highest BCUT2D eigenvalue weighted by Gasteiger charge is 2.24. The lowest BCUT2D eigenvalue weighted by molar-refractivity contribution is 0.589. The van der Waals surface area contributed by atoms with Gasteiger partial charge in [-0.25, -0.2) is 9.36 Å². The van der Waals surface area contributed by atoms with Crippen LogP contribution in [0.2, 0.25) is 0 Å². The van der Waals surface area contributed by atoms with Gasteiger partial charge in [-0.1, -0.05) is 83.5 Å². The summed E-state index contributed by atoms with van der Waals surface area (Å²) in [4.78, 5) is 2.20. The molecule has 0 N–H and O–H groups in total. The van der Waals surface area contributed by atoms with E-state index in [1.807, 2.05) is 15.6 Å². The lowest BCUT2D eigenvalue weighted by Crippen LogP contribution is -2.16. The maximum atomic E-state index is 5.18. The summed E-state index contributed by atoms with van der Waals surface area (Å²) in [6.07, 6.45) is 2.04. The van der Waals surface area contributed by atoms with Gasteiger partial charge in [-0.05, 0) is 85.0 Å². The molecule has 0 spiro atoms. The van der Waals surface area contributed by atoms with Crippen LogP contribution in [0.1, 0.15) is 75.1 Å². The minimum atomic E-state index is 0.0547. The van der Waals surface area contributed by atoms with Crippen molar-refractivity contribution >= 4 is 17.3 Å². The molecule has 0 unspecified atom stereocenters. The second-order valence-electron chi connectivity index (χ2n) is 13.4. The Morgan fingerprint density at radius 2 is 1.17 bits per heavy atom. The standard InChI is InChI=1S/C36H43N5/c1-24-19-25(2)34(26(3)20-24)40(32-17-18-39(37-32)30-15-11-13-28(22-30)35(5,6)7)33-21-27(4)41(38-33)31-16-12-14-29(23-31)36(8,9)10/h11-23H,1-10H3. The number of aryl methyl sites for hydroxylation is 4. The third kappa shape index (κ3) is 5.72. The van der Waals surface area contributed by atoms with E-state index in [2.05, 4.69) is 147 Å². The van der Waals surface area contributed by atoms with Gasteiger partial charge in [0.05, 0.1) is 17.1 Å². The van der Waals surface area contributed by atoms with Crippen LogP contribution in [0.3, 0.4) is 0 Å². The molecule has 0 aliphatic rings. The van der Waals surface area contributed by atoms with Crippen molar-refractivity contribution in [2.24, 2.45) is 0 Å². The highest BCUT2D eigenvalue weighted by Crippen LogP contribution is 2.39. The molecule has 0 bridgehead atoms. The van der Waals surface area contributed by atoms with Gasteiger partial charge in [0, 0.05) is 24.0 Å². The predicted octanol–water partition coefficient (Wildman–Crippen LogP) is 9.36. The SMILES string of the molecule is Cc1cc(C)c(N(c2ccn(-c3cccc(C(C)(C)C)c3)n2)c2cc(C)n(-c3cccc(C(C)(C)C)c3)n2)c(C)c1. The fraction of sp³-hybridized carbons (Fsp3) is 0.333. The summed E-state index contributed by atoms with van der Waals surface area (Å²) in [5.74, 6) is 1.67. The van der Waals surface area contributed by atoms with E-state index in [1.165, 1.54) is 27.8 Å². The summed E-state index contributed by atoms with van der Waals surface area (Å²) < 4.78 is 4.01. The number of nitrogens with zero attached hydrogens (tertiary/aromatic N) is 5. The first-order chi connectivity index (χ1) is 19.2. The van der Waals surface area contributed by atoms with Crippen molar-refractivity contribution in [3.63, 3.8) is 0 Å². The normalized spacial score (nSPS) is 12.1. The fourth-order valence-corrected chi connectivity index (χ4v) is 5.50. The van der Waals surface area contributed by atoms with E-state index < -0.39 is 0 Å². The zero-order valence-corrected chi connectivity index (χ0v) is 26.2. The first-order valence-corrected chi connectivity index (χ1v) is 14.4. The third-order valence-corrected chi connectivity index (χ3v) is 7.70. The Labute approximate surface area is 245 Å². The predicted molar refractivity (Wildman–Crippen MR) is 172 cm³/mol. The molecule has 5 rings (SSSR count). The van der Waals surface area contributed by atoms with Crippen molar-refractivity contribution in [2.45, 2.75) is 80.1 Å². The van der Waals surface area contributed by atoms with Crippen molar-refractivity contribution in [1.29, 1.82) is 0 Å². The molecular weight excluding hydrogens is 502 g/mol. The van der Waals surface area contributed by atoms with Gasteiger partial charge in [-0.3, -0.25) is 4.90 Å². The average Bonchev–Trinajstić information content (AvgIpc) is 3.52. The topological polar surface area (TPSA) is 38.9 Å². The first kappa shape index (κ1) is 28.4. The average molecular weight is 546 g/mol. The zero-order chi connectivity index (χ0) is 29.7. The summed E-state index contributed by atoms with van der Waals surface area (Å²) in [6, 6.07) is 26.0. The minimum Gasteiger partial charge on any atom is -0.275 e. The quantitative estimate of drug-likeness (QED) is 0.221. The van der Waals surface area contributed by atoms with E-state index in [1.54, 1.807) is 0 Å². The largest absolute Gasteiger partial charge is 0.275 e. The number of hydrogen-bond donors (Lipinski definition) is 0. The molecule has 2 aromatic heterocycles. The molecule has 3 aromatic carbocycles. The summed E-state index contributed by atoms with van der Waals surface area (Å²) in [7, 11) is 0. The molecule has 5 aromatic rings. The maximum absolute atomic E-state index is 5.18. The van der Waals surface area contributed by atoms with E-state index >= 15 is 0 Å². The van der Waals surface area contributed by atoms with Crippen molar-refractivity contribution < 1.29 is 0 Å². The van der Waals surface area contributed by atoms with Crippen molar-refractivity contribution in [1.82, 2.24) is 19.6 Å². The summed E-state index contributed by atoms with van der Waals surface area (Å²) in [6.45, 7) is 22.0. The first-order valence-electron chi connectivity index (χ1n) is 14.4. The second kappa shape index (κ2) is 10.4. The van der Waals surface area contributed by atoms with Gasteiger partial charge in [-0.15, -0.1) is 10.2 Å². The van der Waals surface area contributed by atoms with E-state index in [4.69, 9.17) is 10.2 Å². The number of anilines is 3. The maximum Gasteiger partial charge on any atom is 0.161 e. The van der Waals surface area contributed by atoms with Crippen LogP contribution in [-0.2, 0) is 10.8 Å². The molecule has 2 heterocycles. The minimum absolute atomic E-state index is 0.0547. The summed E-state index contributed by atoms with van der Waals surface area (Å²) in [5, 5.41) is 10.3. The van der Waals surface area contributed by atoms with Crippen LogP contribution >= 0.6 is 0 Å². The fourth-order valence-electron chi connectivity index (χ4n) is 5.50. The second-order valence-corrected chi connectivity index (χ2v) is 13.4. The molecule has 41 heavy (non-hydrogen) atoms. The Morgan fingerprint density at radius 3 is 1.76 bits per heavy atom. The molecule has 0 radical (unpaired) electrons. The Morgan fingerprint density at radius 1 is 0.610 bits per heavy atom. The Kier molecular flexibility index (Phi) is 7.19. The van der Waals surface area contributed by atoms with Gasteiger partial charge < -0.3 is 0 Å². The smallest absolute Gasteiger partial charge is 0.161 e. The Hall–Kier alpha value is -4.12. The van der Waals surface area contributed by atoms with E-state index in [-0.39, 0.29) is 10.8 Å². The lowest BCUT2D eigenvalue weighted by atomic mass is 9.87. The van der Waals surface area contributed by atoms with Crippen LogP contribution in [0, 0.1) is 27.7 Å².